The lowest BCUT2D eigenvalue weighted by molar-refractivity contribution is -0.143. The maximum atomic E-state index is 13.2. The Morgan fingerprint density at radius 1 is 1.09 bits per heavy atom. The molecule has 0 spiro atoms. The number of nitrogens with zero attached hydrogens (tertiary/aromatic N) is 1. The Balaban J connectivity index is 2.22. The number of hydrogen-bond donors (Lipinski definition) is 1. The van der Waals surface area contributed by atoms with Gasteiger partial charge in [-0.05, 0) is 64.7 Å². The molecule has 0 unspecified atom stereocenters. The number of carbonyl (C=O) groups excluding carboxylic acids is 2. The zero-order chi connectivity index (χ0) is 23.7. The van der Waals surface area contributed by atoms with Crippen LogP contribution in [0.4, 0.5) is 0 Å². The first kappa shape index (κ1) is 26.8. The summed E-state index contributed by atoms with van der Waals surface area (Å²) in [5, 5.41) is 4.28. The van der Waals surface area contributed by atoms with E-state index in [1.807, 2.05) is 6.92 Å². The summed E-state index contributed by atoms with van der Waals surface area (Å²) >= 11 is 21.5. The van der Waals surface area contributed by atoms with Crippen molar-refractivity contribution in [1.82, 2.24) is 10.2 Å². The van der Waals surface area contributed by atoms with Crippen molar-refractivity contribution >= 4 is 62.5 Å². The third-order valence-corrected chi connectivity index (χ3v) is 6.39. The van der Waals surface area contributed by atoms with Crippen molar-refractivity contribution in [2.24, 2.45) is 0 Å². The van der Waals surface area contributed by atoms with Crippen molar-refractivity contribution in [2.75, 3.05) is 13.2 Å². The van der Waals surface area contributed by atoms with Crippen LogP contribution in [0.25, 0.3) is 0 Å². The summed E-state index contributed by atoms with van der Waals surface area (Å²) in [6, 6.07) is 9.55. The standard InChI is InChI=1S/C23H26BrCl3N2O3/c1-3-5-10-28-23(31)20(4-2)29(13-15-6-8-18(26)19(27)11-15)22(30)14-32-21-9-7-16(25)12-17(21)24/h6-9,11-12,20H,3-5,10,13-14H2,1-2H3,(H,28,31)/t20-/m1/s1. The Labute approximate surface area is 212 Å². The first-order chi connectivity index (χ1) is 15.3. The summed E-state index contributed by atoms with van der Waals surface area (Å²) in [5.74, 6) is -0.0323. The Bertz CT molecular complexity index is 943. The average Bonchev–Trinajstić information content (AvgIpc) is 2.75. The molecule has 5 nitrogen and oxygen atoms in total. The Hall–Kier alpha value is -1.47. The van der Waals surface area contributed by atoms with Gasteiger partial charge in [-0.25, -0.2) is 0 Å². The van der Waals surface area contributed by atoms with Gasteiger partial charge in [-0.15, -0.1) is 0 Å². The lowest BCUT2D eigenvalue weighted by Gasteiger charge is -2.30. The molecule has 0 saturated carbocycles. The van der Waals surface area contributed by atoms with E-state index < -0.39 is 6.04 Å². The number of carbonyl (C=O) groups is 2. The van der Waals surface area contributed by atoms with E-state index in [2.05, 4.69) is 28.2 Å². The molecular formula is C23H26BrCl3N2O3. The van der Waals surface area contributed by atoms with Crippen molar-refractivity contribution in [3.8, 4) is 5.75 Å². The van der Waals surface area contributed by atoms with Gasteiger partial charge < -0.3 is 15.0 Å². The fourth-order valence-electron chi connectivity index (χ4n) is 3.08. The van der Waals surface area contributed by atoms with E-state index in [0.29, 0.717) is 38.3 Å². The molecule has 0 bridgehead atoms. The second-order valence-corrected chi connectivity index (χ2v) is 9.31. The molecule has 1 atom stereocenters. The molecule has 9 heteroatoms. The smallest absolute Gasteiger partial charge is 0.261 e. The molecule has 32 heavy (non-hydrogen) atoms. The number of rotatable bonds is 11. The van der Waals surface area contributed by atoms with Crippen LogP contribution in [0.5, 0.6) is 5.75 Å². The first-order valence-electron chi connectivity index (χ1n) is 10.4. The fourth-order valence-corrected chi connectivity index (χ4v) is 4.19. The molecule has 0 aliphatic carbocycles. The summed E-state index contributed by atoms with van der Waals surface area (Å²) in [5.41, 5.74) is 0.764. The first-order valence-corrected chi connectivity index (χ1v) is 12.3. The summed E-state index contributed by atoms with van der Waals surface area (Å²) < 4.78 is 6.35. The van der Waals surface area contributed by atoms with Crippen LogP contribution in [-0.4, -0.2) is 35.9 Å². The van der Waals surface area contributed by atoms with Crippen molar-refractivity contribution < 1.29 is 14.3 Å². The van der Waals surface area contributed by atoms with Gasteiger partial charge >= 0.3 is 0 Å². The van der Waals surface area contributed by atoms with Crippen molar-refractivity contribution in [3.63, 3.8) is 0 Å². The highest BCUT2D eigenvalue weighted by molar-refractivity contribution is 9.10. The van der Waals surface area contributed by atoms with Crippen LogP contribution in [0.2, 0.25) is 15.1 Å². The van der Waals surface area contributed by atoms with Crippen molar-refractivity contribution in [2.45, 2.75) is 45.7 Å². The van der Waals surface area contributed by atoms with Crippen molar-refractivity contribution in [3.05, 3.63) is 61.5 Å². The third-order valence-electron chi connectivity index (χ3n) is 4.80. The van der Waals surface area contributed by atoms with Crippen LogP contribution in [0.1, 0.15) is 38.7 Å². The van der Waals surface area contributed by atoms with E-state index in [0.717, 1.165) is 18.4 Å². The van der Waals surface area contributed by atoms with Gasteiger partial charge in [0.15, 0.2) is 6.61 Å². The van der Waals surface area contributed by atoms with E-state index in [4.69, 9.17) is 39.5 Å². The molecule has 0 radical (unpaired) electrons. The number of amides is 2. The fraction of sp³-hybridized carbons (Fsp3) is 0.391. The van der Waals surface area contributed by atoms with Gasteiger partial charge in [0.2, 0.25) is 5.91 Å². The van der Waals surface area contributed by atoms with Crippen LogP contribution >= 0.6 is 50.7 Å². The van der Waals surface area contributed by atoms with Gasteiger partial charge in [0.05, 0.1) is 14.5 Å². The largest absolute Gasteiger partial charge is 0.483 e. The van der Waals surface area contributed by atoms with E-state index in [-0.39, 0.29) is 25.0 Å². The number of hydrogen-bond acceptors (Lipinski definition) is 3. The molecule has 0 aliphatic rings. The molecule has 0 heterocycles. The van der Waals surface area contributed by atoms with Crippen LogP contribution < -0.4 is 10.1 Å². The summed E-state index contributed by atoms with van der Waals surface area (Å²) in [6.07, 6.45) is 2.29. The van der Waals surface area contributed by atoms with Crippen LogP contribution in [-0.2, 0) is 16.1 Å². The van der Waals surface area contributed by atoms with Gasteiger partial charge in [-0.2, -0.15) is 0 Å². The Morgan fingerprint density at radius 3 is 2.47 bits per heavy atom. The molecule has 2 rings (SSSR count). The highest BCUT2D eigenvalue weighted by Gasteiger charge is 2.29. The van der Waals surface area contributed by atoms with E-state index in [9.17, 15) is 9.59 Å². The van der Waals surface area contributed by atoms with Gasteiger partial charge in [0, 0.05) is 18.1 Å². The number of unbranched alkanes of at least 4 members (excludes halogenated alkanes) is 1. The van der Waals surface area contributed by atoms with Crippen LogP contribution in [0.3, 0.4) is 0 Å². The predicted molar refractivity (Wildman–Crippen MR) is 134 cm³/mol. The average molecular weight is 565 g/mol. The molecule has 0 aromatic heterocycles. The van der Waals surface area contributed by atoms with Crippen LogP contribution in [0.15, 0.2) is 40.9 Å². The molecule has 0 saturated heterocycles. The minimum Gasteiger partial charge on any atom is -0.483 e. The number of benzene rings is 2. The summed E-state index contributed by atoms with van der Waals surface area (Å²) in [4.78, 5) is 27.6. The van der Waals surface area contributed by atoms with E-state index in [1.165, 1.54) is 4.90 Å². The minimum atomic E-state index is -0.647. The van der Waals surface area contributed by atoms with Gasteiger partial charge in [0.1, 0.15) is 11.8 Å². The highest BCUT2D eigenvalue weighted by Crippen LogP contribution is 2.28. The number of nitrogens with one attached hydrogen (secondary N) is 1. The Morgan fingerprint density at radius 2 is 1.84 bits per heavy atom. The minimum absolute atomic E-state index is 0.193. The highest BCUT2D eigenvalue weighted by atomic mass is 79.9. The second kappa shape index (κ2) is 13.3. The van der Waals surface area contributed by atoms with E-state index >= 15 is 0 Å². The predicted octanol–water partition coefficient (Wildman–Crippen LogP) is 6.51. The summed E-state index contributed by atoms with van der Waals surface area (Å²) in [6.45, 7) is 4.45. The zero-order valence-corrected chi connectivity index (χ0v) is 21.8. The quantitative estimate of drug-likeness (QED) is 0.317. The normalized spacial score (nSPS) is 11.7. The SMILES string of the molecule is CCCCNC(=O)[C@@H](CC)N(Cc1ccc(Cl)c(Cl)c1)C(=O)COc1ccc(Cl)cc1Br. The molecule has 0 fully saturated rings. The number of halogens is 4. The maximum Gasteiger partial charge on any atom is 0.261 e. The van der Waals surface area contributed by atoms with Gasteiger partial charge in [-0.3, -0.25) is 9.59 Å². The lowest BCUT2D eigenvalue weighted by Crippen LogP contribution is -2.50. The monoisotopic (exact) mass is 562 g/mol. The topological polar surface area (TPSA) is 58.6 Å². The zero-order valence-electron chi connectivity index (χ0n) is 18.0. The van der Waals surface area contributed by atoms with Crippen LogP contribution in [0, 0.1) is 0 Å². The molecule has 2 aromatic carbocycles. The molecule has 2 amide bonds. The van der Waals surface area contributed by atoms with Crippen molar-refractivity contribution in [1.29, 1.82) is 0 Å². The lowest BCUT2D eigenvalue weighted by atomic mass is 10.1. The molecular weight excluding hydrogens is 539 g/mol. The van der Waals surface area contributed by atoms with Gasteiger partial charge in [0.25, 0.3) is 5.91 Å². The Kier molecular flexibility index (Phi) is 11.1. The molecule has 0 aliphatic heterocycles. The third kappa shape index (κ3) is 7.84. The maximum absolute atomic E-state index is 13.2. The summed E-state index contributed by atoms with van der Waals surface area (Å²) in [7, 11) is 0. The van der Waals surface area contributed by atoms with E-state index in [1.54, 1.807) is 36.4 Å². The second-order valence-electron chi connectivity index (χ2n) is 7.20. The molecule has 174 valence electrons. The molecule has 1 N–H and O–H groups in total. The number of ether oxygens (including phenoxy) is 1. The van der Waals surface area contributed by atoms with Gasteiger partial charge in [-0.1, -0.05) is 61.1 Å². The molecule has 2 aromatic rings.